The number of carbonyl (C=O) groups is 2. The van der Waals surface area contributed by atoms with E-state index in [1.54, 1.807) is 35.9 Å². The summed E-state index contributed by atoms with van der Waals surface area (Å²) in [4.78, 5) is 31.1. The highest BCUT2D eigenvalue weighted by molar-refractivity contribution is 7.99. The first-order valence-electron chi connectivity index (χ1n) is 10.8. The predicted octanol–water partition coefficient (Wildman–Crippen LogP) is 4.03. The highest BCUT2D eigenvalue weighted by Gasteiger charge is 2.46. The Labute approximate surface area is 197 Å². The van der Waals surface area contributed by atoms with Crippen LogP contribution in [-0.2, 0) is 9.47 Å². The summed E-state index contributed by atoms with van der Waals surface area (Å²) in [6.07, 6.45) is 0.339. The maximum Gasteiger partial charge on any atom is 0.416 e. The number of rotatable bonds is 7. The van der Waals surface area contributed by atoms with Gasteiger partial charge in [-0.15, -0.1) is 11.8 Å². The number of anilines is 1. The minimum atomic E-state index is -0.676. The molecule has 0 saturated carbocycles. The van der Waals surface area contributed by atoms with Gasteiger partial charge >= 0.3 is 6.09 Å². The first-order valence-corrected chi connectivity index (χ1v) is 11.8. The second-order valence-electron chi connectivity index (χ2n) is 7.70. The lowest BCUT2D eigenvalue weighted by atomic mass is 10.1. The normalized spacial score (nSPS) is 19.5. The van der Waals surface area contributed by atoms with Crippen LogP contribution < -0.4 is 14.4 Å². The standard InChI is InChI=1S/C24H28N2O6S/c1-29-20-14-17-19(15-21(20)30-2)26(23(31-3)18-10-7-11-25(18)22(17)27)24(28)32-12-13-33-16-8-5-4-6-9-16/h4-6,8-9,14-15,18,23H,7,10-13H2,1-3H3/t18-,23-/m0/s1. The SMILES string of the molecule is COc1cc2c(cc1OC)N(C(=O)OCCSc1ccccc1)[C@@H](OC)[C@@H]1CCCN1C2=O. The van der Waals surface area contributed by atoms with E-state index >= 15 is 0 Å². The molecule has 1 fully saturated rings. The minimum Gasteiger partial charge on any atom is -0.493 e. The molecule has 2 amide bonds. The van der Waals surface area contributed by atoms with Crippen molar-refractivity contribution in [1.82, 2.24) is 4.90 Å². The third-order valence-electron chi connectivity index (χ3n) is 5.89. The van der Waals surface area contributed by atoms with Crippen molar-refractivity contribution >= 4 is 29.4 Å². The van der Waals surface area contributed by atoms with E-state index in [-0.39, 0.29) is 18.6 Å². The molecule has 2 heterocycles. The molecule has 2 aromatic rings. The lowest BCUT2D eigenvalue weighted by Crippen LogP contribution is -2.52. The summed E-state index contributed by atoms with van der Waals surface area (Å²) in [6.45, 7) is 0.823. The average Bonchev–Trinajstić information content (AvgIpc) is 3.30. The maximum absolute atomic E-state index is 13.4. The predicted molar refractivity (Wildman–Crippen MR) is 125 cm³/mol. The van der Waals surface area contributed by atoms with Gasteiger partial charge in [-0.1, -0.05) is 18.2 Å². The molecule has 0 bridgehead atoms. The van der Waals surface area contributed by atoms with Crippen LogP contribution in [-0.4, -0.2) is 69.4 Å². The van der Waals surface area contributed by atoms with Crippen molar-refractivity contribution in [3.05, 3.63) is 48.0 Å². The third-order valence-corrected chi connectivity index (χ3v) is 6.87. The van der Waals surface area contributed by atoms with Crippen LogP contribution in [0.25, 0.3) is 0 Å². The van der Waals surface area contributed by atoms with Gasteiger partial charge < -0.3 is 23.8 Å². The Morgan fingerprint density at radius 2 is 1.82 bits per heavy atom. The highest BCUT2D eigenvalue weighted by atomic mass is 32.2. The summed E-state index contributed by atoms with van der Waals surface area (Å²) in [7, 11) is 4.57. The molecule has 33 heavy (non-hydrogen) atoms. The zero-order valence-electron chi connectivity index (χ0n) is 19.0. The van der Waals surface area contributed by atoms with Gasteiger partial charge in [0.2, 0.25) is 0 Å². The number of amides is 2. The fourth-order valence-corrected chi connectivity index (χ4v) is 5.14. The highest BCUT2D eigenvalue weighted by Crippen LogP contribution is 2.41. The molecule has 4 rings (SSSR count). The molecule has 2 aliphatic heterocycles. The van der Waals surface area contributed by atoms with Gasteiger partial charge in [0.25, 0.3) is 5.91 Å². The second kappa shape index (κ2) is 10.4. The van der Waals surface area contributed by atoms with Crippen LogP contribution in [0.3, 0.4) is 0 Å². The van der Waals surface area contributed by atoms with Crippen LogP contribution in [0.5, 0.6) is 11.5 Å². The van der Waals surface area contributed by atoms with Gasteiger partial charge in [0.1, 0.15) is 6.61 Å². The van der Waals surface area contributed by atoms with Crippen molar-refractivity contribution in [2.75, 3.05) is 45.1 Å². The van der Waals surface area contributed by atoms with Gasteiger partial charge in [0, 0.05) is 30.4 Å². The molecule has 176 valence electrons. The molecule has 0 aromatic heterocycles. The molecule has 0 radical (unpaired) electrons. The van der Waals surface area contributed by atoms with Gasteiger partial charge in [-0.3, -0.25) is 4.79 Å². The summed E-state index contributed by atoms with van der Waals surface area (Å²) in [6, 6.07) is 12.9. The minimum absolute atomic E-state index is 0.162. The lowest BCUT2D eigenvalue weighted by Gasteiger charge is -2.34. The lowest BCUT2D eigenvalue weighted by molar-refractivity contribution is 0.0271. The Kier molecular flexibility index (Phi) is 7.29. The zero-order valence-corrected chi connectivity index (χ0v) is 19.8. The molecule has 0 spiro atoms. The average molecular weight is 473 g/mol. The van der Waals surface area contributed by atoms with Crippen molar-refractivity contribution in [3.8, 4) is 11.5 Å². The summed E-state index contributed by atoms with van der Waals surface area (Å²) in [5.41, 5.74) is 0.745. The first-order chi connectivity index (χ1) is 16.1. The van der Waals surface area contributed by atoms with Crippen LogP contribution in [0.4, 0.5) is 10.5 Å². The molecule has 8 nitrogen and oxygen atoms in total. The molecule has 1 saturated heterocycles. The fourth-order valence-electron chi connectivity index (χ4n) is 4.38. The molecule has 0 unspecified atom stereocenters. The Hall–Kier alpha value is -2.91. The van der Waals surface area contributed by atoms with Crippen LogP contribution in [0.2, 0.25) is 0 Å². The largest absolute Gasteiger partial charge is 0.493 e. The molecule has 0 aliphatic carbocycles. The maximum atomic E-state index is 13.4. The van der Waals surface area contributed by atoms with E-state index in [2.05, 4.69) is 0 Å². The Morgan fingerprint density at radius 3 is 2.52 bits per heavy atom. The summed E-state index contributed by atoms with van der Waals surface area (Å²) in [5.74, 6) is 1.28. The topological polar surface area (TPSA) is 77.5 Å². The van der Waals surface area contributed by atoms with Crippen LogP contribution in [0, 0.1) is 0 Å². The Balaban J connectivity index is 1.63. The van der Waals surface area contributed by atoms with Crippen LogP contribution >= 0.6 is 11.8 Å². The number of hydrogen-bond acceptors (Lipinski definition) is 7. The molecular weight excluding hydrogens is 444 g/mol. The number of fused-ring (bicyclic) bond motifs is 2. The number of methoxy groups -OCH3 is 3. The van der Waals surface area contributed by atoms with E-state index < -0.39 is 12.3 Å². The number of benzene rings is 2. The van der Waals surface area contributed by atoms with Crippen molar-refractivity contribution in [2.45, 2.75) is 30.0 Å². The fraction of sp³-hybridized carbons (Fsp3) is 0.417. The van der Waals surface area contributed by atoms with Gasteiger partial charge in [0.15, 0.2) is 17.7 Å². The van der Waals surface area contributed by atoms with Gasteiger partial charge in [-0.25, -0.2) is 9.69 Å². The summed E-state index contributed by atoms with van der Waals surface area (Å²) < 4.78 is 22.3. The van der Waals surface area contributed by atoms with Crippen molar-refractivity contribution < 1.29 is 28.5 Å². The number of ether oxygens (including phenoxy) is 4. The van der Waals surface area contributed by atoms with Gasteiger partial charge in [0.05, 0.1) is 31.5 Å². The molecular formula is C24H28N2O6S. The van der Waals surface area contributed by atoms with Gasteiger partial charge in [-0.05, 0) is 31.0 Å². The van der Waals surface area contributed by atoms with E-state index in [0.29, 0.717) is 35.0 Å². The quantitative estimate of drug-likeness (QED) is 0.445. The van der Waals surface area contributed by atoms with Gasteiger partial charge in [-0.2, -0.15) is 0 Å². The summed E-state index contributed by atoms with van der Waals surface area (Å²) in [5, 5.41) is 0. The van der Waals surface area contributed by atoms with E-state index in [9.17, 15) is 9.59 Å². The van der Waals surface area contributed by atoms with E-state index in [1.165, 1.54) is 19.1 Å². The molecule has 2 aromatic carbocycles. The molecule has 0 N–H and O–H groups in total. The molecule has 9 heteroatoms. The Bertz CT molecular complexity index is 1000. The smallest absolute Gasteiger partial charge is 0.416 e. The first kappa shape index (κ1) is 23.3. The number of carbonyl (C=O) groups excluding carboxylic acids is 2. The van der Waals surface area contributed by atoms with Crippen molar-refractivity contribution in [1.29, 1.82) is 0 Å². The third kappa shape index (κ3) is 4.60. The van der Waals surface area contributed by atoms with Crippen molar-refractivity contribution in [2.24, 2.45) is 0 Å². The van der Waals surface area contributed by atoms with Crippen molar-refractivity contribution in [3.63, 3.8) is 0 Å². The monoisotopic (exact) mass is 472 g/mol. The van der Waals surface area contributed by atoms with Crippen LogP contribution in [0.1, 0.15) is 23.2 Å². The van der Waals surface area contributed by atoms with E-state index in [1.807, 2.05) is 30.3 Å². The number of hydrogen-bond donors (Lipinski definition) is 0. The summed E-state index contributed by atoms with van der Waals surface area (Å²) >= 11 is 1.61. The van der Waals surface area contributed by atoms with E-state index in [0.717, 1.165) is 17.7 Å². The van der Waals surface area contributed by atoms with Crippen LogP contribution in [0.15, 0.2) is 47.4 Å². The van der Waals surface area contributed by atoms with E-state index in [4.69, 9.17) is 18.9 Å². The number of thioether (sulfide) groups is 1. The molecule has 2 aliphatic rings. The molecule has 2 atom stereocenters. The second-order valence-corrected chi connectivity index (χ2v) is 8.87. The number of nitrogens with zero attached hydrogens (tertiary/aromatic N) is 2. The zero-order chi connectivity index (χ0) is 23.4. The Morgan fingerprint density at radius 1 is 1.09 bits per heavy atom.